The van der Waals surface area contributed by atoms with Crippen LogP contribution >= 0.6 is 0 Å². The number of carbonyl (C=O) groups excluding carboxylic acids is 1. The summed E-state index contributed by atoms with van der Waals surface area (Å²) in [5.74, 6) is -0.252. The minimum Gasteiger partial charge on any atom is -0.394 e. The molecule has 400 valence electrons. The molecule has 1 fully saturated rings. The molecule has 1 rings (SSSR count). The van der Waals surface area contributed by atoms with Gasteiger partial charge in [-0.1, -0.05) is 277 Å². The van der Waals surface area contributed by atoms with Gasteiger partial charge in [0.25, 0.3) is 0 Å². The lowest BCUT2D eigenvalue weighted by atomic mass is 9.98. The number of hydrogen-bond donors (Lipinski definition) is 7. The van der Waals surface area contributed by atoms with Crippen molar-refractivity contribution >= 4 is 5.91 Å². The molecule has 10 heteroatoms. The molecule has 10 nitrogen and oxygen atoms in total. The van der Waals surface area contributed by atoms with Crippen LogP contribution in [0.1, 0.15) is 296 Å². The molecule has 1 amide bonds. The van der Waals surface area contributed by atoms with Crippen molar-refractivity contribution in [3.63, 3.8) is 0 Å². The zero-order chi connectivity index (χ0) is 48.8. The van der Waals surface area contributed by atoms with Gasteiger partial charge in [0.1, 0.15) is 30.5 Å². The number of aliphatic hydroxyl groups is 6. The largest absolute Gasteiger partial charge is 0.394 e. The number of carbonyl (C=O) groups is 1. The topological polar surface area (TPSA) is 169 Å². The molecule has 0 spiro atoms. The van der Waals surface area contributed by atoms with E-state index in [4.69, 9.17) is 9.47 Å². The van der Waals surface area contributed by atoms with Crippen LogP contribution in [0.5, 0.6) is 0 Å². The van der Waals surface area contributed by atoms with Crippen LogP contribution in [0.15, 0.2) is 0 Å². The maximum Gasteiger partial charge on any atom is 0.220 e. The van der Waals surface area contributed by atoms with Crippen molar-refractivity contribution in [3.05, 3.63) is 0 Å². The summed E-state index contributed by atoms with van der Waals surface area (Å²) in [6.07, 6.45) is 46.0. The summed E-state index contributed by atoms with van der Waals surface area (Å²) in [6, 6.07) is -0.985. The quantitative estimate of drug-likeness (QED) is 0.0293. The summed E-state index contributed by atoms with van der Waals surface area (Å²) >= 11 is 0. The summed E-state index contributed by atoms with van der Waals surface area (Å²) < 4.78 is 11.2. The smallest absolute Gasteiger partial charge is 0.220 e. The van der Waals surface area contributed by atoms with Gasteiger partial charge in [0.15, 0.2) is 6.29 Å². The normalized spacial score (nSPS) is 20.0. The van der Waals surface area contributed by atoms with Gasteiger partial charge in [-0.3, -0.25) is 4.79 Å². The van der Waals surface area contributed by atoms with Gasteiger partial charge in [-0.15, -0.1) is 0 Å². The van der Waals surface area contributed by atoms with Gasteiger partial charge in [-0.2, -0.15) is 0 Å². The molecule has 1 saturated heterocycles. The second-order valence-electron chi connectivity index (χ2n) is 20.9. The molecular weight excluding hydrogens is 843 g/mol. The molecule has 0 aromatic rings. The van der Waals surface area contributed by atoms with E-state index in [0.717, 1.165) is 44.9 Å². The zero-order valence-electron chi connectivity index (χ0n) is 44.1. The molecule has 0 radical (unpaired) electrons. The lowest BCUT2D eigenvalue weighted by Crippen LogP contribution is -2.60. The van der Waals surface area contributed by atoms with Crippen LogP contribution in [0.2, 0.25) is 0 Å². The third-order valence-corrected chi connectivity index (χ3v) is 14.6. The Bertz CT molecular complexity index is 1040. The van der Waals surface area contributed by atoms with E-state index in [2.05, 4.69) is 19.2 Å². The van der Waals surface area contributed by atoms with Crippen LogP contribution < -0.4 is 5.32 Å². The van der Waals surface area contributed by atoms with Crippen molar-refractivity contribution in [2.45, 2.75) is 345 Å². The lowest BCUT2D eigenvalue weighted by Gasteiger charge is -2.40. The average Bonchev–Trinajstić information content (AvgIpc) is 3.33. The SMILES string of the molecule is CCCCCCCCCCCCCCCCCCCCCCCCCCCCCCCCCCCC(=O)N[C@@H](CO[C@@H]1O[C@H](CO)[C@H](O)C(O)C1O)[C@H](O)[C@H](O)CCCCCCCCCCC. The highest BCUT2D eigenvalue weighted by molar-refractivity contribution is 5.76. The standard InChI is InChI=1S/C57H113NO9/c1-3-5-7-9-11-13-14-15-16-17-18-19-20-21-22-23-24-25-26-27-28-29-30-31-32-33-34-35-36-38-40-42-44-46-52(61)58-49(48-66-57-56(65)55(64)54(63)51(47-59)67-57)53(62)50(60)45-43-41-39-37-12-10-8-6-4-2/h49-51,53-57,59-60,62-65H,3-48H2,1-2H3,(H,58,61)/t49-,50+,51+,53-,54-,55?,56?,57+/m0/s1. The molecule has 1 heterocycles. The first-order valence-electron chi connectivity index (χ1n) is 29.3. The molecule has 0 saturated carbocycles. The molecule has 0 aliphatic carbocycles. The lowest BCUT2D eigenvalue weighted by molar-refractivity contribution is -0.303. The molecule has 2 unspecified atom stereocenters. The van der Waals surface area contributed by atoms with Crippen LogP contribution in [0.3, 0.4) is 0 Å². The van der Waals surface area contributed by atoms with Crippen molar-refractivity contribution in [2.75, 3.05) is 13.2 Å². The third-order valence-electron chi connectivity index (χ3n) is 14.6. The van der Waals surface area contributed by atoms with E-state index in [1.54, 1.807) is 0 Å². The number of nitrogens with one attached hydrogen (secondary N) is 1. The summed E-state index contributed by atoms with van der Waals surface area (Å²) in [7, 11) is 0. The molecule has 8 atom stereocenters. The van der Waals surface area contributed by atoms with E-state index in [-0.39, 0.29) is 18.9 Å². The van der Waals surface area contributed by atoms with Gasteiger partial charge >= 0.3 is 0 Å². The number of ether oxygens (including phenoxy) is 2. The molecule has 1 aliphatic heterocycles. The number of unbranched alkanes of at least 4 members (excludes halogenated alkanes) is 40. The Kier molecular flexibility index (Phi) is 45.5. The summed E-state index contributed by atoms with van der Waals surface area (Å²) in [6.45, 7) is 3.61. The predicted octanol–water partition coefficient (Wildman–Crippen LogP) is 13.2. The molecular formula is C57H113NO9. The number of rotatable bonds is 51. The van der Waals surface area contributed by atoms with E-state index < -0.39 is 55.6 Å². The fourth-order valence-electron chi connectivity index (χ4n) is 9.85. The Morgan fingerprint density at radius 1 is 0.463 bits per heavy atom. The second kappa shape index (κ2) is 47.5. The highest BCUT2D eigenvalue weighted by atomic mass is 16.7. The first kappa shape index (κ1) is 64.2. The van der Waals surface area contributed by atoms with Crippen LogP contribution in [-0.2, 0) is 14.3 Å². The highest BCUT2D eigenvalue weighted by Gasteiger charge is 2.44. The fraction of sp³-hybridized carbons (Fsp3) is 0.982. The predicted molar refractivity (Wildman–Crippen MR) is 278 cm³/mol. The first-order valence-corrected chi connectivity index (χ1v) is 29.3. The van der Waals surface area contributed by atoms with E-state index in [0.29, 0.717) is 6.42 Å². The van der Waals surface area contributed by atoms with Crippen molar-refractivity contribution < 1.29 is 44.9 Å². The molecule has 1 aliphatic rings. The van der Waals surface area contributed by atoms with Crippen molar-refractivity contribution in [1.29, 1.82) is 0 Å². The Hall–Kier alpha value is -0.850. The molecule has 67 heavy (non-hydrogen) atoms. The van der Waals surface area contributed by atoms with Gasteiger partial charge in [0.05, 0.1) is 25.4 Å². The molecule has 0 aromatic heterocycles. The average molecular weight is 957 g/mol. The van der Waals surface area contributed by atoms with Crippen molar-refractivity contribution in [1.82, 2.24) is 5.32 Å². The van der Waals surface area contributed by atoms with Gasteiger partial charge < -0.3 is 45.4 Å². The van der Waals surface area contributed by atoms with Crippen LogP contribution in [-0.4, -0.2) is 98.7 Å². The first-order chi connectivity index (χ1) is 32.8. The molecule has 7 N–H and O–H groups in total. The number of hydrogen-bond acceptors (Lipinski definition) is 9. The van der Waals surface area contributed by atoms with Crippen molar-refractivity contribution in [3.8, 4) is 0 Å². The van der Waals surface area contributed by atoms with Gasteiger partial charge in [-0.05, 0) is 12.8 Å². The van der Waals surface area contributed by atoms with E-state index in [1.165, 1.54) is 225 Å². The van der Waals surface area contributed by atoms with Crippen LogP contribution in [0, 0.1) is 0 Å². The third kappa shape index (κ3) is 36.7. The van der Waals surface area contributed by atoms with Gasteiger partial charge in [-0.25, -0.2) is 0 Å². The number of aliphatic hydroxyl groups excluding tert-OH is 6. The fourth-order valence-corrected chi connectivity index (χ4v) is 9.85. The second-order valence-corrected chi connectivity index (χ2v) is 20.9. The molecule has 0 bridgehead atoms. The van der Waals surface area contributed by atoms with Crippen LogP contribution in [0.4, 0.5) is 0 Å². The van der Waals surface area contributed by atoms with Gasteiger partial charge in [0.2, 0.25) is 5.91 Å². The zero-order valence-corrected chi connectivity index (χ0v) is 44.1. The Labute approximate surface area is 413 Å². The summed E-state index contributed by atoms with van der Waals surface area (Å²) in [5, 5.41) is 65.2. The Balaban J connectivity index is 2.07. The molecule has 0 aromatic carbocycles. The van der Waals surface area contributed by atoms with Crippen LogP contribution in [0.25, 0.3) is 0 Å². The van der Waals surface area contributed by atoms with Crippen molar-refractivity contribution in [2.24, 2.45) is 0 Å². The monoisotopic (exact) mass is 956 g/mol. The minimum absolute atomic E-state index is 0.252. The summed E-state index contributed by atoms with van der Waals surface area (Å²) in [4.78, 5) is 13.0. The maximum absolute atomic E-state index is 13.0. The van der Waals surface area contributed by atoms with E-state index in [9.17, 15) is 35.4 Å². The van der Waals surface area contributed by atoms with Gasteiger partial charge in [0, 0.05) is 6.42 Å². The Morgan fingerprint density at radius 3 is 1.10 bits per heavy atom. The minimum atomic E-state index is -1.60. The number of amides is 1. The Morgan fingerprint density at radius 2 is 0.776 bits per heavy atom. The van der Waals surface area contributed by atoms with E-state index >= 15 is 0 Å². The summed E-state index contributed by atoms with van der Waals surface area (Å²) in [5.41, 5.74) is 0. The maximum atomic E-state index is 13.0. The van der Waals surface area contributed by atoms with E-state index in [1.807, 2.05) is 0 Å². The highest BCUT2D eigenvalue weighted by Crippen LogP contribution is 2.24.